The standard InChI is InChI=1S/C9H15N5S/c1-7(4-9(2,11)5-10)15-8-12-6-13-14(8)3/h6-7H,4,11H2,1-3H3. The van der Waals surface area contributed by atoms with Crippen LogP contribution in [0, 0.1) is 11.3 Å². The fourth-order valence-corrected chi connectivity index (χ4v) is 2.35. The zero-order chi connectivity index (χ0) is 11.5. The maximum atomic E-state index is 8.81. The Labute approximate surface area is 93.7 Å². The number of aromatic nitrogens is 3. The van der Waals surface area contributed by atoms with Crippen molar-refractivity contribution in [1.82, 2.24) is 14.8 Å². The summed E-state index contributed by atoms with van der Waals surface area (Å²) in [7, 11) is 1.84. The minimum atomic E-state index is -0.773. The highest BCUT2D eigenvalue weighted by molar-refractivity contribution is 7.99. The maximum absolute atomic E-state index is 8.81. The van der Waals surface area contributed by atoms with Gasteiger partial charge in [0, 0.05) is 12.3 Å². The number of hydrogen-bond acceptors (Lipinski definition) is 5. The van der Waals surface area contributed by atoms with Gasteiger partial charge in [-0.2, -0.15) is 10.4 Å². The van der Waals surface area contributed by atoms with E-state index < -0.39 is 5.54 Å². The Bertz CT molecular complexity index is 365. The Kier molecular flexibility index (Phi) is 3.72. The second-order valence-electron chi connectivity index (χ2n) is 3.83. The van der Waals surface area contributed by atoms with Crippen LogP contribution in [0.5, 0.6) is 0 Å². The predicted molar refractivity (Wildman–Crippen MR) is 59.1 cm³/mol. The summed E-state index contributed by atoms with van der Waals surface area (Å²) in [5, 5.41) is 13.9. The van der Waals surface area contributed by atoms with Crippen molar-refractivity contribution in [3.63, 3.8) is 0 Å². The zero-order valence-electron chi connectivity index (χ0n) is 9.14. The molecule has 0 aliphatic rings. The molecule has 0 radical (unpaired) electrons. The third-order valence-electron chi connectivity index (χ3n) is 1.94. The lowest BCUT2D eigenvalue weighted by Crippen LogP contribution is -2.36. The van der Waals surface area contributed by atoms with Crippen molar-refractivity contribution in [1.29, 1.82) is 5.26 Å². The van der Waals surface area contributed by atoms with Gasteiger partial charge in [0.1, 0.15) is 11.9 Å². The molecule has 82 valence electrons. The number of rotatable bonds is 4. The van der Waals surface area contributed by atoms with Crippen molar-refractivity contribution in [2.24, 2.45) is 12.8 Å². The SMILES string of the molecule is CC(CC(C)(N)C#N)Sc1ncnn1C. The largest absolute Gasteiger partial charge is 0.314 e. The first-order valence-electron chi connectivity index (χ1n) is 4.65. The molecule has 1 aromatic rings. The van der Waals surface area contributed by atoms with Crippen LogP contribution >= 0.6 is 11.8 Å². The predicted octanol–water partition coefficient (Wildman–Crippen LogP) is 0.927. The van der Waals surface area contributed by atoms with E-state index in [4.69, 9.17) is 11.0 Å². The van der Waals surface area contributed by atoms with Crippen LogP contribution < -0.4 is 5.73 Å². The highest BCUT2D eigenvalue weighted by Gasteiger charge is 2.22. The van der Waals surface area contributed by atoms with Crippen molar-refractivity contribution >= 4 is 11.8 Å². The van der Waals surface area contributed by atoms with Crippen molar-refractivity contribution in [2.45, 2.75) is 36.2 Å². The van der Waals surface area contributed by atoms with E-state index in [0.717, 1.165) is 5.16 Å². The van der Waals surface area contributed by atoms with Gasteiger partial charge in [-0.3, -0.25) is 0 Å². The molecule has 2 N–H and O–H groups in total. The number of thioether (sulfide) groups is 1. The normalized spacial score (nSPS) is 16.7. The van der Waals surface area contributed by atoms with Gasteiger partial charge >= 0.3 is 0 Å². The maximum Gasteiger partial charge on any atom is 0.186 e. The summed E-state index contributed by atoms with van der Waals surface area (Å²) in [6.07, 6.45) is 2.14. The first-order chi connectivity index (χ1) is 6.94. The van der Waals surface area contributed by atoms with E-state index >= 15 is 0 Å². The summed E-state index contributed by atoms with van der Waals surface area (Å²) in [5.41, 5.74) is 4.99. The van der Waals surface area contributed by atoms with Crippen molar-refractivity contribution in [2.75, 3.05) is 0 Å². The average molecular weight is 225 g/mol. The minimum absolute atomic E-state index is 0.238. The van der Waals surface area contributed by atoms with Crippen molar-refractivity contribution < 1.29 is 0 Å². The molecule has 0 amide bonds. The number of hydrogen-bond donors (Lipinski definition) is 1. The highest BCUT2D eigenvalue weighted by atomic mass is 32.2. The van der Waals surface area contributed by atoms with Crippen LogP contribution in [0.3, 0.4) is 0 Å². The topological polar surface area (TPSA) is 80.5 Å². The molecular weight excluding hydrogens is 210 g/mol. The van der Waals surface area contributed by atoms with Gasteiger partial charge in [0.2, 0.25) is 0 Å². The van der Waals surface area contributed by atoms with E-state index in [0.29, 0.717) is 6.42 Å². The molecule has 1 aromatic heterocycles. The minimum Gasteiger partial charge on any atom is -0.314 e. The van der Waals surface area contributed by atoms with E-state index in [1.165, 1.54) is 6.33 Å². The molecule has 0 fully saturated rings. The molecule has 1 heterocycles. The van der Waals surface area contributed by atoms with Gasteiger partial charge in [0.05, 0.1) is 6.07 Å². The van der Waals surface area contributed by atoms with Crippen molar-refractivity contribution in [3.8, 4) is 6.07 Å². The van der Waals surface area contributed by atoms with E-state index in [-0.39, 0.29) is 5.25 Å². The fraction of sp³-hybridized carbons (Fsp3) is 0.667. The first-order valence-corrected chi connectivity index (χ1v) is 5.53. The summed E-state index contributed by atoms with van der Waals surface area (Å²) < 4.78 is 1.71. The third kappa shape index (κ3) is 3.53. The Morgan fingerprint density at radius 1 is 1.80 bits per heavy atom. The van der Waals surface area contributed by atoms with Gasteiger partial charge in [-0.1, -0.05) is 18.7 Å². The molecule has 5 nitrogen and oxygen atoms in total. The van der Waals surface area contributed by atoms with Crippen LogP contribution in [-0.4, -0.2) is 25.6 Å². The van der Waals surface area contributed by atoms with Gasteiger partial charge in [0.15, 0.2) is 5.16 Å². The van der Waals surface area contributed by atoms with Gasteiger partial charge < -0.3 is 5.73 Å². The molecule has 0 aliphatic carbocycles. The monoisotopic (exact) mass is 225 g/mol. The summed E-state index contributed by atoms with van der Waals surface area (Å²) in [4.78, 5) is 4.10. The van der Waals surface area contributed by atoms with Crippen LogP contribution in [0.1, 0.15) is 20.3 Å². The quantitative estimate of drug-likeness (QED) is 0.771. The lowest BCUT2D eigenvalue weighted by Gasteiger charge is -2.19. The fourth-order valence-electron chi connectivity index (χ4n) is 1.26. The summed E-state index contributed by atoms with van der Waals surface area (Å²) >= 11 is 1.58. The van der Waals surface area contributed by atoms with Crippen molar-refractivity contribution in [3.05, 3.63) is 6.33 Å². The molecule has 0 aromatic carbocycles. The van der Waals surface area contributed by atoms with Gasteiger partial charge in [-0.05, 0) is 13.3 Å². The lowest BCUT2D eigenvalue weighted by atomic mass is 10.00. The molecule has 2 atom stereocenters. The molecule has 6 heteroatoms. The van der Waals surface area contributed by atoms with E-state index in [1.54, 1.807) is 23.4 Å². The van der Waals surface area contributed by atoms with E-state index in [9.17, 15) is 0 Å². The van der Waals surface area contributed by atoms with Gasteiger partial charge in [-0.25, -0.2) is 9.67 Å². The molecule has 2 unspecified atom stereocenters. The molecule has 15 heavy (non-hydrogen) atoms. The number of nitrogens with zero attached hydrogens (tertiary/aromatic N) is 4. The Morgan fingerprint density at radius 2 is 2.47 bits per heavy atom. The second kappa shape index (κ2) is 4.64. The lowest BCUT2D eigenvalue weighted by molar-refractivity contribution is 0.544. The Balaban J connectivity index is 2.55. The van der Waals surface area contributed by atoms with E-state index in [2.05, 4.69) is 16.2 Å². The number of nitriles is 1. The molecule has 0 saturated heterocycles. The van der Waals surface area contributed by atoms with Gasteiger partial charge in [0.25, 0.3) is 0 Å². The Morgan fingerprint density at radius 3 is 2.93 bits per heavy atom. The van der Waals surface area contributed by atoms with Crippen LogP contribution in [0.2, 0.25) is 0 Å². The van der Waals surface area contributed by atoms with E-state index in [1.807, 2.05) is 14.0 Å². The van der Waals surface area contributed by atoms with Crippen LogP contribution in [0.4, 0.5) is 0 Å². The summed E-state index contributed by atoms with van der Waals surface area (Å²) in [6, 6.07) is 2.09. The average Bonchev–Trinajstić information content (AvgIpc) is 2.51. The highest BCUT2D eigenvalue weighted by Crippen LogP contribution is 2.25. The number of aryl methyl sites for hydroxylation is 1. The molecule has 1 rings (SSSR count). The first kappa shape index (κ1) is 12.0. The molecule has 0 spiro atoms. The summed E-state index contributed by atoms with van der Waals surface area (Å²) in [6.45, 7) is 3.77. The molecule has 0 saturated carbocycles. The molecule has 0 bridgehead atoms. The molecular formula is C9H15N5S. The van der Waals surface area contributed by atoms with Crippen LogP contribution in [-0.2, 0) is 7.05 Å². The smallest absolute Gasteiger partial charge is 0.186 e. The van der Waals surface area contributed by atoms with Crippen LogP contribution in [0.15, 0.2) is 11.5 Å². The van der Waals surface area contributed by atoms with Crippen LogP contribution in [0.25, 0.3) is 0 Å². The van der Waals surface area contributed by atoms with Gasteiger partial charge in [-0.15, -0.1) is 0 Å². The number of nitrogens with two attached hydrogens (primary N) is 1. The Hall–Kier alpha value is -1.06. The zero-order valence-corrected chi connectivity index (χ0v) is 9.95. The summed E-state index contributed by atoms with van der Waals surface area (Å²) in [5.74, 6) is 0. The molecule has 0 aliphatic heterocycles. The second-order valence-corrected chi connectivity index (χ2v) is 5.23. The third-order valence-corrected chi connectivity index (χ3v) is 3.09.